The van der Waals surface area contributed by atoms with Gasteiger partial charge in [-0.05, 0) is 37.8 Å². The van der Waals surface area contributed by atoms with Crippen molar-refractivity contribution in [2.75, 3.05) is 25.4 Å². The van der Waals surface area contributed by atoms with Crippen LogP contribution >= 0.6 is 0 Å². The number of nitriles is 1. The molecule has 0 aliphatic carbocycles. The average molecular weight is 538 g/mol. The number of likely N-dealkylation sites (tertiary alicyclic amines) is 1. The van der Waals surface area contributed by atoms with Crippen molar-refractivity contribution >= 4 is 29.6 Å². The van der Waals surface area contributed by atoms with E-state index < -0.39 is 42.4 Å². The topological polar surface area (TPSA) is 192 Å². The summed E-state index contributed by atoms with van der Waals surface area (Å²) in [5, 5.41) is 32.7. The van der Waals surface area contributed by atoms with E-state index in [9.17, 15) is 32.8 Å². The molecule has 15 heteroatoms. The van der Waals surface area contributed by atoms with Gasteiger partial charge in [0.2, 0.25) is 11.8 Å². The zero-order valence-electron chi connectivity index (χ0n) is 19.9. The first-order valence-corrected chi connectivity index (χ1v) is 11.3. The lowest BCUT2D eigenvalue weighted by Crippen LogP contribution is -2.49. The predicted molar refractivity (Wildman–Crippen MR) is 125 cm³/mol. The first-order valence-electron chi connectivity index (χ1n) is 11.3. The number of hydrogen-bond donors (Lipinski definition) is 4. The molecule has 2 heterocycles. The minimum atomic E-state index is -5.08. The van der Waals surface area contributed by atoms with Gasteiger partial charge in [-0.2, -0.15) is 23.5 Å². The number of alkyl halides is 3. The van der Waals surface area contributed by atoms with Crippen LogP contribution in [-0.2, 0) is 25.6 Å². The number of nitrogens with two attached hydrogens (primary N) is 1. The van der Waals surface area contributed by atoms with E-state index in [2.05, 4.69) is 16.5 Å². The predicted octanol–water partition coefficient (Wildman–Crippen LogP) is 1.33. The highest BCUT2D eigenvalue weighted by Gasteiger charge is 2.38. The minimum Gasteiger partial charge on any atom is -0.480 e. The van der Waals surface area contributed by atoms with Crippen molar-refractivity contribution < 1.29 is 42.6 Å². The van der Waals surface area contributed by atoms with Crippen molar-refractivity contribution in [3.05, 3.63) is 41.6 Å². The molecule has 2 amide bonds. The van der Waals surface area contributed by atoms with E-state index in [-0.39, 0.29) is 5.82 Å². The van der Waals surface area contributed by atoms with Gasteiger partial charge in [-0.3, -0.25) is 14.4 Å². The Balaban J connectivity index is 0.000000638. The monoisotopic (exact) mass is 538 g/mol. The van der Waals surface area contributed by atoms with Crippen molar-refractivity contribution in [2.45, 2.75) is 31.9 Å². The SMILES string of the molecule is N#Cc1c(CCCNC(=O)C2CCCN(CC(=O)O)C2=O)nn(-c2ccccc2)c1N.O=C(O)C(F)(F)F. The average Bonchev–Trinajstić information content (AvgIpc) is 3.18. The second kappa shape index (κ2) is 13.1. The number of para-hydroxylation sites is 1. The molecular formula is C23H25F3N6O6. The Kier molecular flexibility index (Phi) is 10.2. The van der Waals surface area contributed by atoms with Crippen LogP contribution in [-0.4, -0.2) is 74.5 Å². The number of carbonyl (C=O) groups is 4. The molecule has 0 saturated carbocycles. The highest BCUT2D eigenvalue weighted by molar-refractivity contribution is 6.01. The number of anilines is 1. The summed E-state index contributed by atoms with van der Waals surface area (Å²) in [7, 11) is 0. The summed E-state index contributed by atoms with van der Waals surface area (Å²) in [5.74, 6) is -5.32. The molecule has 1 fully saturated rings. The summed E-state index contributed by atoms with van der Waals surface area (Å²) < 4.78 is 33.3. The second-order valence-corrected chi connectivity index (χ2v) is 8.11. The van der Waals surface area contributed by atoms with Crippen LogP contribution in [0.3, 0.4) is 0 Å². The number of benzene rings is 1. The third kappa shape index (κ3) is 7.95. The smallest absolute Gasteiger partial charge is 0.480 e. The molecule has 0 bridgehead atoms. The number of piperidine rings is 1. The van der Waals surface area contributed by atoms with Crippen LogP contribution in [0.25, 0.3) is 5.69 Å². The summed E-state index contributed by atoms with van der Waals surface area (Å²) in [6.45, 7) is 0.243. The maximum absolute atomic E-state index is 12.4. The molecule has 0 spiro atoms. The Bertz CT molecular complexity index is 1210. The number of carbonyl (C=O) groups excluding carboxylic acids is 2. The number of halogens is 3. The molecule has 1 aliphatic rings. The van der Waals surface area contributed by atoms with Crippen LogP contribution < -0.4 is 11.1 Å². The van der Waals surface area contributed by atoms with E-state index >= 15 is 0 Å². The number of aromatic nitrogens is 2. The molecule has 1 saturated heterocycles. The number of nitrogens with one attached hydrogen (secondary N) is 1. The van der Waals surface area contributed by atoms with Crippen LogP contribution in [0, 0.1) is 17.2 Å². The molecule has 1 atom stereocenters. The summed E-state index contributed by atoms with van der Waals surface area (Å²) in [6, 6.07) is 11.3. The molecule has 1 aromatic heterocycles. The Morgan fingerprint density at radius 2 is 1.84 bits per heavy atom. The third-order valence-corrected chi connectivity index (χ3v) is 5.41. The lowest BCUT2D eigenvalue weighted by atomic mass is 9.96. The number of hydrogen-bond acceptors (Lipinski definition) is 7. The van der Waals surface area contributed by atoms with Gasteiger partial charge in [0.1, 0.15) is 29.9 Å². The van der Waals surface area contributed by atoms with E-state index in [1.807, 2.05) is 30.3 Å². The fraction of sp³-hybridized carbons (Fsp3) is 0.391. The zero-order chi connectivity index (χ0) is 28.5. The van der Waals surface area contributed by atoms with Crippen LogP contribution in [0.4, 0.5) is 19.0 Å². The molecule has 12 nitrogen and oxygen atoms in total. The zero-order valence-corrected chi connectivity index (χ0v) is 19.9. The van der Waals surface area contributed by atoms with Gasteiger partial charge in [-0.15, -0.1) is 0 Å². The van der Waals surface area contributed by atoms with Gasteiger partial charge >= 0.3 is 18.1 Å². The Labute approximate surface area is 214 Å². The maximum Gasteiger partial charge on any atom is 0.490 e. The van der Waals surface area contributed by atoms with Gasteiger partial charge in [0, 0.05) is 13.1 Å². The summed E-state index contributed by atoms with van der Waals surface area (Å²) in [6.07, 6.45) is -3.17. The number of amides is 2. The molecule has 204 valence electrons. The fourth-order valence-electron chi connectivity index (χ4n) is 3.64. The number of carboxylic acid groups (broad SMARTS) is 2. The Morgan fingerprint density at radius 1 is 1.21 bits per heavy atom. The number of aryl methyl sites for hydroxylation is 1. The largest absolute Gasteiger partial charge is 0.490 e. The molecule has 1 unspecified atom stereocenters. The van der Waals surface area contributed by atoms with Crippen molar-refractivity contribution in [3.63, 3.8) is 0 Å². The quantitative estimate of drug-likeness (QED) is 0.283. The Hall–Kier alpha value is -4.61. The molecule has 5 N–H and O–H groups in total. The number of nitrogen functional groups attached to an aromatic ring is 1. The van der Waals surface area contributed by atoms with E-state index in [1.54, 1.807) is 0 Å². The minimum absolute atomic E-state index is 0.263. The van der Waals surface area contributed by atoms with E-state index in [1.165, 1.54) is 9.58 Å². The molecular weight excluding hydrogens is 513 g/mol. The number of aliphatic carboxylic acids is 2. The third-order valence-electron chi connectivity index (χ3n) is 5.41. The number of nitrogens with zero attached hydrogens (tertiary/aromatic N) is 4. The van der Waals surface area contributed by atoms with E-state index in [0.29, 0.717) is 50.0 Å². The molecule has 1 aliphatic heterocycles. The van der Waals surface area contributed by atoms with Gasteiger partial charge in [0.05, 0.1) is 11.4 Å². The normalized spacial score (nSPS) is 15.2. The van der Waals surface area contributed by atoms with Crippen molar-refractivity contribution in [1.82, 2.24) is 20.0 Å². The molecule has 38 heavy (non-hydrogen) atoms. The fourth-order valence-corrected chi connectivity index (χ4v) is 3.64. The van der Waals surface area contributed by atoms with Gasteiger partial charge in [0.15, 0.2) is 0 Å². The van der Waals surface area contributed by atoms with Gasteiger partial charge in [-0.25, -0.2) is 9.48 Å². The van der Waals surface area contributed by atoms with Crippen LogP contribution in [0.2, 0.25) is 0 Å². The standard InChI is InChI=1S/C21H24N6O4.C2HF3O2/c22-12-16-17(25-27(19(16)23)14-6-2-1-3-7-14)9-4-10-24-20(30)15-8-5-11-26(21(15)31)13-18(28)29;3-2(4,5)1(6)7/h1-3,6-7,15H,4-5,8-11,13,23H2,(H,24,30)(H,28,29);(H,6,7). The highest BCUT2D eigenvalue weighted by atomic mass is 19.4. The van der Waals surface area contributed by atoms with Crippen LogP contribution in [0.1, 0.15) is 30.5 Å². The van der Waals surface area contributed by atoms with Gasteiger partial charge in [0.25, 0.3) is 0 Å². The van der Waals surface area contributed by atoms with Crippen molar-refractivity contribution in [1.29, 1.82) is 5.26 Å². The van der Waals surface area contributed by atoms with E-state index in [4.69, 9.17) is 20.7 Å². The summed E-state index contributed by atoms with van der Waals surface area (Å²) in [5.41, 5.74) is 7.68. The van der Waals surface area contributed by atoms with E-state index in [0.717, 1.165) is 5.69 Å². The van der Waals surface area contributed by atoms with Crippen molar-refractivity contribution in [3.8, 4) is 11.8 Å². The van der Waals surface area contributed by atoms with Crippen LogP contribution in [0.5, 0.6) is 0 Å². The van der Waals surface area contributed by atoms with Gasteiger partial charge < -0.3 is 26.2 Å². The molecule has 2 aromatic rings. The first kappa shape index (κ1) is 29.6. The van der Waals surface area contributed by atoms with Gasteiger partial charge in [-0.1, -0.05) is 18.2 Å². The molecule has 0 radical (unpaired) electrons. The highest BCUT2D eigenvalue weighted by Crippen LogP contribution is 2.22. The number of carboxylic acids is 2. The van der Waals surface area contributed by atoms with Crippen LogP contribution in [0.15, 0.2) is 30.3 Å². The second-order valence-electron chi connectivity index (χ2n) is 8.11. The Morgan fingerprint density at radius 3 is 2.39 bits per heavy atom. The number of rotatable bonds is 8. The van der Waals surface area contributed by atoms with Crippen molar-refractivity contribution in [2.24, 2.45) is 5.92 Å². The lowest BCUT2D eigenvalue weighted by Gasteiger charge is -2.30. The summed E-state index contributed by atoms with van der Waals surface area (Å²) >= 11 is 0. The lowest BCUT2D eigenvalue weighted by molar-refractivity contribution is -0.192. The summed E-state index contributed by atoms with van der Waals surface area (Å²) in [4.78, 5) is 45.7. The molecule has 1 aromatic carbocycles. The first-order chi connectivity index (χ1) is 17.9. The molecule has 3 rings (SSSR count). The maximum atomic E-state index is 12.4.